The Balaban J connectivity index is 2.21. The number of hydrogen-bond donors (Lipinski definition) is 1. The fourth-order valence-corrected chi connectivity index (χ4v) is 3.41. The summed E-state index contributed by atoms with van der Waals surface area (Å²) in [7, 11) is 1.65. The fourth-order valence-electron chi connectivity index (χ4n) is 2.56. The minimum atomic E-state index is -1.02. The highest BCUT2D eigenvalue weighted by Crippen LogP contribution is 2.31. The summed E-state index contributed by atoms with van der Waals surface area (Å²) in [5.41, 5.74) is 0.618. The van der Waals surface area contributed by atoms with E-state index in [4.69, 9.17) is 0 Å². The van der Waals surface area contributed by atoms with Gasteiger partial charge in [-0.05, 0) is 31.3 Å². The van der Waals surface area contributed by atoms with Crippen LogP contribution in [0.25, 0.3) is 0 Å². The van der Waals surface area contributed by atoms with E-state index >= 15 is 0 Å². The second-order valence-electron chi connectivity index (χ2n) is 4.99. The Morgan fingerprint density at radius 1 is 1.32 bits per heavy atom. The minimum absolute atomic E-state index is 0.0193. The number of aromatic carboxylic acids is 1. The number of hydrogen-bond acceptors (Lipinski definition) is 4. The largest absolute Gasteiger partial charge is 0.478 e. The first-order valence-corrected chi connectivity index (χ1v) is 7.27. The summed E-state index contributed by atoms with van der Waals surface area (Å²) in [5.74, 6) is -0.974. The second kappa shape index (κ2) is 5.69. The number of aromatic nitrogens is 1. The number of anilines is 1. The summed E-state index contributed by atoms with van der Waals surface area (Å²) >= 11 is 1.08. The Morgan fingerprint density at radius 2 is 1.95 bits per heavy atom. The lowest BCUT2D eigenvalue weighted by Crippen LogP contribution is -2.34. The van der Waals surface area contributed by atoms with Crippen molar-refractivity contribution in [1.82, 2.24) is 4.37 Å². The molecule has 104 valence electrons. The molecule has 1 aliphatic carbocycles. The molecule has 0 aromatic carbocycles. The summed E-state index contributed by atoms with van der Waals surface area (Å²) in [6.07, 6.45) is 5.16. The number of carbonyl (C=O) groups excluding carboxylic acids is 1. The first-order valence-electron chi connectivity index (χ1n) is 6.49. The number of carboxylic acid groups (broad SMARTS) is 1. The van der Waals surface area contributed by atoms with Crippen LogP contribution in [0.2, 0.25) is 0 Å². The third kappa shape index (κ3) is 2.78. The van der Waals surface area contributed by atoms with Gasteiger partial charge in [-0.3, -0.25) is 4.79 Å². The molecule has 6 heteroatoms. The Labute approximate surface area is 116 Å². The van der Waals surface area contributed by atoms with E-state index in [1.54, 1.807) is 14.0 Å². The highest BCUT2D eigenvalue weighted by molar-refractivity contribution is 7.11. The number of nitrogens with zero attached hydrogens (tertiary/aromatic N) is 2. The molecule has 0 atom stereocenters. The predicted molar refractivity (Wildman–Crippen MR) is 73.8 cm³/mol. The van der Waals surface area contributed by atoms with Crippen LogP contribution in [-0.4, -0.2) is 28.4 Å². The molecule has 1 amide bonds. The van der Waals surface area contributed by atoms with Gasteiger partial charge in [0.1, 0.15) is 10.6 Å². The SMILES string of the molecule is Cc1nsc(N(C)C(=O)C2CCCCC2)c1C(=O)O. The van der Waals surface area contributed by atoms with Crippen molar-refractivity contribution in [3.63, 3.8) is 0 Å². The molecule has 2 rings (SSSR count). The van der Waals surface area contributed by atoms with Crippen LogP contribution in [0.1, 0.15) is 48.2 Å². The van der Waals surface area contributed by atoms with E-state index in [0.29, 0.717) is 10.7 Å². The van der Waals surface area contributed by atoms with Gasteiger partial charge in [0.2, 0.25) is 5.91 Å². The molecule has 1 N–H and O–H groups in total. The molecule has 1 aromatic heterocycles. The van der Waals surface area contributed by atoms with Crippen LogP contribution < -0.4 is 4.90 Å². The van der Waals surface area contributed by atoms with E-state index in [1.807, 2.05) is 0 Å². The molecule has 1 fully saturated rings. The zero-order chi connectivity index (χ0) is 14.0. The van der Waals surface area contributed by atoms with Gasteiger partial charge in [0.05, 0.1) is 5.69 Å². The van der Waals surface area contributed by atoms with Gasteiger partial charge in [0.15, 0.2) is 0 Å². The quantitative estimate of drug-likeness (QED) is 0.925. The van der Waals surface area contributed by atoms with Crippen LogP contribution >= 0.6 is 11.5 Å². The van der Waals surface area contributed by atoms with Crippen molar-refractivity contribution < 1.29 is 14.7 Å². The lowest BCUT2D eigenvalue weighted by molar-refractivity contribution is -0.122. The zero-order valence-electron chi connectivity index (χ0n) is 11.2. The smallest absolute Gasteiger partial charge is 0.340 e. The van der Waals surface area contributed by atoms with Gasteiger partial charge in [0.25, 0.3) is 0 Å². The Kier molecular flexibility index (Phi) is 4.19. The Morgan fingerprint density at radius 3 is 2.53 bits per heavy atom. The van der Waals surface area contributed by atoms with Crippen LogP contribution in [0.3, 0.4) is 0 Å². The van der Waals surface area contributed by atoms with Gasteiger partial charge in [0, 0.05) is 13.0 Å². The maximum atomic E-state index is 12.4. The van der Waals surface area contributed by atoms with Gasteiger partial charge < -0.3 is 10.0 Å². The van der Waals surface area contributed by atoms with Crippen LogP contribution in [-0.2, 0) is 4.79 Å². The molecule has 1 aliphatic rings. The van der Waals surface area contributed by atoms with E-state index in [1.165, 1.54) is 11.3 Å². The van der Waals surface area contributed by atoms with Gasteiger partial charge in [-0.25, -0.2) is 4.79 Å². The summed E-state index contributed by atoms with van der Waals surface area (Å²) in [6.45, 7) is 1.66. The standard InChI is InChI=1S/C13H18N2O3S/c1-8-10(13(17)18)12(19-14-8)15(2)11(16)9-6-4-3-5-7-9/h9H,3-7H2,1-2H3,(H,17,18). The molecule has 1 heterocycles. The first kappa shape index (κ1) is 14.0. The van der Waals surface area contributed by atoms with Crippen LogP contribution in [0.5, 0.6) is 0 Å². The Hall–Kier alpha value is -1.43. The molecule has 1 saturated carbocycles. The van der Waals surface area contributed by atoms with Gasteiger partial charge >= 0.3 is 5.97 Å². The van der Waals surface area contributed by atoms with Crippen molar-refractivity contribution in [3.8, 4) is 0 Å². The molecule has 0 radical (unpaired) electrons. The number of carbonyl (C=O) groups is 2. The van der Waals surface area contributed by atoms with E-state index in [2.05, 4.69) is 4.37 Å². The van der Waals surface area contributed by atoms with Gasteiger partial charge in [-0.15, -0.1) is 0 Å². The molecule has 1 aromatic rings. The van der Waals surface area contributed by atoms with Crippen molar-refractivity contribution in [2.45, 2.75) is 39.0 Å². The van der Waals surface area contributed by atoms with E-state index < -0.39 is 5.97 Å². The first-order chi connectivity index (χ1) is 9.02. The van der Waals surface area contributed by atoms with Crippen LogP contribution in [0.4, 0.5) is 5.00 Å². The molecule has 0 unspecified atom stereocenters. The zero-order valence-corrected chi connectivity index (χ0v) is 12.0. The lowest BCUT2D eigenvalue weighted by atomic mass is 9.88. The summed E-state index contributed by atoms with van der Waals surface area (Å²) < 4.78 is 4.05. The maximum absolute atomic E-state index is 12.4. The number of rotatable bonds is 3. The van der Waals surface area contributed by atoms with Crippen LogP contribution in [0.15, 0.2) is 0 Å². The highest BCUT2D eigenvalue weighted by atomic mass is 32.1. The third-order valence-corrected chi connectivity index (χ3v) is 4.66. The number of aryl methyl sites for hydroxylation is 1. The molecule has 19 heavy (non-hydrogen) atoms. The number of amides is 1. The molecule has 0 bridgehead atoms. The normalized spacial score (nSPS) is 16.3. The maximum Gasteiger partial charge on any atom is 0.340 e. The third-order valence-electron chi connectivity index (χ3n) is 3.65. The van der Waals surface area contributed by atoms with Gasteiger partial charge in [-0.1, -0.05) is 19.3 Å². The highest BCUT2D eigenvalue weighted by Gasteiger charge is 2.29. The average molecular weight is 282 g/mol. The monoisotopic (exact) mass is 282 g/mol. The van der Waals surface area contributed by atoms with Gasteiger partial charge in [-0.2, -0.15) is 4.37 Å². The van der Waals surface area contributed by atoms with E-state index in [-0.39, 0.29) is 17.4 Å². The van der Waals surface area contributed by atoms with Crippen molar-refractivity contribution >= 4 is 28.4 Å². The van der Waals surface area contributed by atoms with E-state index in [9.17, 15) is 14.7 Å². The molecule has 5 nitrogen and oxygen atoms in total. The molecular weight excluding hydrogens is 264 g/mol. The van der Waals surface area contributed by atoms with Crippen molar-refractivity contribution in [1.29, 1.82) is 0 Å². The number of carboxylic acids is 1. The Bertz CT molecular complexity index is 492. The van der Waals surface area contributed by atoms with Crippen molar-refractivity contribution in [2.75, 3.05) is 11.9 Å². The second-order valence-corrected chi connectivity index (χ2v) is 5.74. The molecule has 0 aliphatic heterocycles. The average Bonchev–Trinajstić information content (AvgIpc) is 2.80. The molecular formula is C13H18N2O3S. The van der Waals surface area contributed by atoms with E-state index in [0.717, 1.165) is 37.2 Å². The minimum Gasteiger partial charge on any atom is -0.478 e. The topological polar surface area (TPSA) is 70.5 Å². The predicted octanol–water partition coefficient (Wildman–Crippen LogP) is 2.69. The molecule has 0 saturated heterocycles. The fraction of sp³-hybridized carbons (Fsp3) is 0.615. The summed E-state index contributed by atoms with van der Waals surface area (Å²) in [4.78, 5) is 25.1. The molecule has 0 spiro atoms. The van der Waals surface area contributed by atoms with Crippen molar-refractivity contribution in [2.24, 2.45) is 5.92 Å². The lowest BCUT2D eigenvalue weighted by Gasteiger charge is -2.25. The van der Waals surface area contributed by atoms with Crippen LogP contribution in [0, 0.1) is 12.8 Å². The summed E-state index contributed by atoms with van der Waals surface area (Å²) in [6, 6.07) is 0. The summed E-state index contributed by atoms with van der Waals surface area (Å²) in [5, 5.41) is 9.65. The van der Waals surface area contributed by atoms with Crippen molar-refractivity contribution in [3.05, 3.63) is 11.3 Å².